The predicted molar refractivity (Wildman–Crippen MR) is 127 cm³/mol. The fraction of sp³-hybridized carbons (Fsp3) is 0.423. The first kappa shape index (κ1) is 22.4. The van der Waals surface area contributed by atoms with Gasteiger partial charge in [0.2, 0.25) is 0 Å². The molecule has 0 aliphatic carbocycles. The number of nitrogens with zero attached hydrogens (tertiary/aromatic N) is 2. The fourth-order valence-electron chi connectivity index (χ4n) is 4.76. The number of pyridine rings is 1. The summed E-state index contributed by atoms with van der Waals surface area (Å²) in [6.07, 6.45) is 4.22. The molecule has 170 valence electrons. The van der Waals surface area contributed by atoms with Crippen molar-refractivity contribution in [3.8, 4) is 17.2 Å². The number of benzene rings is 2. The Balaban J connectivity index is 1.33. The Morgan fingerprint density at radius 2 is 2.06 bits per heavy atom. The fourth-order valence-corrected chi connectivity index (χ4v) is 4.76. The summed E-state index contributed by atoms with van der Waals surface area (Å²) < 4.78 is 5.40. The number of rotatable bonds is 8. The predicted octanol–water partition coefficient (Wildman–Crippen LogP) is 4.26. The zero-order chi connectivity index (χ0) is 22.5. The molecule has 0 amide bonds. The Kier molecular flexibility index (Phi) is 7.12. The number of phenolic OH excluding ortho intramolecular Hbond substituents is 2. The highest BCUT2D eigenvalue weighted by atomic mass is 16.5. The average Bonchev–Trinajstić information content (AvgIpc) is 2.81. The molecule has 0 bridgehead atoms. The smallest absolute Gasteiger partial charge is 0.157 e. The maximum Gasteiger partial charge on any atom is 0.157 e. The van der Waals surface area contributed by atoms with Crippen LogP contribution in [0.25, 0.3) is 10.9 Å². The molecule has 2 unspecified atom stereocenters. The van der Waals surface area contributed by atoms with Crippen LogP contribution in [0, 0.1) is 5.92 Å². The molecule has 4 rings (SSSR count). The second kappa shape index (κ2) is 10.2. The van der Waals surface area contributed by atoms with Gasteiger partial charge in [-0.15, -0.1) is 0 Å². The van der Waals surface area contributed by atoms with Gasteiger partial charge in [0.05, 0.1) is 18.8 Å². The van der Waals surface area contributed by atoms with Crippen LogP contribution in [0.5, 0.6) is 17.2 Å². The molecule has 2 heterocycles. The third kappa shape index (κ3) is 5.31. The first-order valence-electron chi connectivity index (χ1n) is 11.4. The van der Waals surface area contributed by atoms with Gasteiger partial charge in [-0.1, -0.05) is 25.1 Å². The topological polar surface area (TPSA) is 77.9 Å². The van der Waals surface area contributed by atoms with Crippen LogP contribution in [0.4, 0.5) is 0 Å². The molecule has 3 aromatic rings. The minimum absolute atomic E-state index is 0.0663. The van der Waals surface area contributed by atoms with E-state index in [2.05, 4.69) is 46.4 Å². The molecule has 2 atom stereocenters. The molecule has 0 saturated carbocycles. The Bertz CT molecular complexity index is 1060. The Labute approximate surface area is 189 Å². The van der Waals surface area contributed by atoms with Crippen molar-refractivity contribution in [1.82, 2.24) is 15.2 Å². The van der Waals surface area contributed by atoms with Gasteiger partial charge in [0.25, 0.3) is 0 Å². The standard InChI is InChI=1S/C26H33N3O3/c1-18(22-6-3-7-24-23(22)12-21(32-2)15-28-24)16-29-10-4-5-20(17-29)14-27-13-19-8-9-25(30)26(31)11-19/h3,6-9,11-12,15,18,20,27,30-31H,4-5,10,13-14,16-17H2,1-2H3. The van der Waals surface area contributed by atoms with Crippen LogP contribution in [-0.4, -0.2) is 53.4 Å². The molecule has 1 saturated heterocycles. The highest BCUT2D eigenvalue weighted by Gasteiger charge is 2.22. The lowest BCUT2D eigenvalue weighted by molar-refractivity contribution is 0.165. The summed E-state index contributed by atoms with van der Waals surface area (Å²) in [6.45, 7) is 7.18. The Morgan fingerprint density at radius 1 is 1.19 bits per heavy atom. The van der Waals surface area contributed by atoms with E-state index in [0.29, 0.717) is 18.4 Å². The van der Waals surface area contributed by atoms with Gasteiger partial charge in [0.1, 0.15) is 5.75 Å². The minimum atomic E-state index is -0.0776. The van der Waals surface area contributed by atoms with Gasteiger partial charge >= 0.3 is 0 Å². The maximum atomic E-state index is 9.66. The number of aromatic nitrogens is 1. The van der Waals surface area contributed by atoms with Crippen LogP contribution in [-0.2, 0) is 6.54 Å². The van der Waals surface area contributed by atoms with Crippen molar-refractivity contribution < 1.29 is 14.9 Å². The number of methoxy groups -OCH3 is 1. The van der Waals surface area contributed by atoms with E-state index < -0.39 is 0 Å². The first-order chi connectivity index (χ1) is 15.5. The highest BCUT2D eigenvalue weighted by molar-refractivity contribution is 5.83. The van der Waals surface area contributed by atoms with E-state index in [4.69, 9.17) is 4.74 Å². The molecule has 0 spiro atoms. The molecular weight excluding hydrogens is 402 g/mol. The average molecular weight is 436 g/mol. The number of hydrogen-bond acceptors (Lipinski definition) is 6. The van der Waals surface area contributed by atoms with Crippen LogP contribution in [0.3, 0.4) is 0 Å². The van der Waals surface area contributed by atoms with Gasteiger partial charge < -0.3 is 25.2 Å². The Morgan fingerprint density at radius 3 is 2.88 bits per heavy atom. The van der Waals surface area contributed by atoms with Crippen LogP contribution >= 0.6 is 0 Å². The van der Waals surface area contributed by atoms with Gasteiger partial charge in [-0.25, -0.2) is 0 Å². The van der Waals surface area contributed by atoms with Gasteiger partial charge in [0.15, 0.2) is 11.5 Å². The molecule has 3 N–H and O–H groups in total. The normalized spacial score (nSPS) is 18.0. The number of likely N-dealkylation sites (tertiary alicyclic amines) is 1. The van der Waals surface area contributed by atoms with E-state index in [0.717, 1.165) is 43.0 Å². The third-order valence-corrected chi connectivity index (χ3v) is 6.44. The van der Waals surface area contributed by atoms with E-state index in [-0.39, 0.29) is 11.5 Å². The number of aromatic hydroxyl groups is 2. The summed E-state index contributed by atoms with van der Waals surface area (Å²) in [5.74, 6) is 1.66. The third-order valence-electron chi connectivity index (χ3n) is 6.44. The molecular formula is C26H33N3O3. The highest BCUT2D eigenvalue weighted by Crippen LogP contribution is 2.29. The van der Waals surface area contributed by atoms with Gasteiger partial charge in [-0.2, -0.15) is 0 Å². The van der Waals surface area contributed by atoms with Gasteiger partial charge in [0, 0.05) is 25.0 Å². The van der Waals surface area contributed by atoms with E-state index in [1.807, 2.05) is 6.07 Å². The summed E-state index contributed by atoms with van der Waals surface area (Å²) >= 11 is 0. The molecule has 2 aromatic carbocycles. The number of hydrogen-bond donors (Lipinski definition) is 3. The van der Waals surface area contributed by atoms with Crippen molar-refractivity contribution in [3.63, 3.8) is 0 Å². The Hall–Kier alpha value is -2.83. The molecule has 1 aliphatic heterocycles. The van der Waals surface area contributed by atoms with E-state index in [9.17, 15) is 10.2 Å². The molecule has 1 fully saturated rings. The summed E-state index contributed by atoms with van der Waals surface area (Å²) in [6, 6.07) is 13.5. The second-order valence-electron chi connectivity index (χ2n) is 8.91. The number of phenols is 2. The number of nitrogens with one attached hydrogen (secondary N) is 1. The largest absolute Gasteiger partial charge is 0.504 e. The van der Waals surface area contributed by atoms with E-state index in [1.165, 1.54) is 29.9 Å². The van der Waals surface area contributed by atoms with Crippen molar-refractivity contribution in [2.75, 3.05) is 33.3 Å². The zero-order valence-corrected chi connectivity index (χ0v) is 18.9. The molecule has 0 radical (unpaired) electrons. The molecule has 32 heavy (non-hydrogen) atoms. The zero-order valence-electron chi connectivity index (χ0n) is 18.9. The molecule has 6 heteroatoms. The summed E-state index contributed by atoms with van der Waals surface area (Å²) in [5.41, 5.74) is 3.30. The van der Waals surface area contributed by atoms with Crippen LogP contribution < -0.4 is 10.1 Å². The van der Waals surface area contributed by atoms with E-state index in [1.54, 1.807) is 19.4 Å². The van der Waals surface area contributed by atoms with Crippen LogP contribution in [0.2, 0.25) is 0 Å². The van der Waals surface area contributed by atoms with Crippen molar-refractivity contribution in [2.45, 2.75) is 32.2 Å². The lowest BCUT2D eigenvalue weighted by atomic mass is 9.93. The van der Waals surface area contributed by atoms with Gasteiger partial charge in [-0.05, 0) is 73.2 Å². The van der Waals surface area contributed by atoms with Crippen molar-refractivity contribution in [3.05, 3.63) is 59.8 Å². The quantitative estimate of drug-likeness (QED) is 0.459. The second-order valence-corrected chi connectivity index (χ2v) is 8.91. The lowest BCUT2D eigenvalue weighted by Crippen LogP contribution is -2.41. The minimum Gasteiger partial charge on any atom is -0.504 e. The number of ether oxygens (including phenoxy) is 1. The van der Waals surface area contributed by atoms with Crippen LogP contribution in [0.15, 0.2) is 48.7 Å². The number of piperidine rings is 1. The molecule has 1 aliphatic rings. The number of fused-ring (bicyclic) bond motifs is 1. The van der Waals surface area contributed by atoms with Crippen molar-refractivity contribution >= 4 is 10.9 Å². The first-order valence-corrected chi connectivity index (χ1v) is 11.4. The monoisotopic (exact) mass is 435 g/mol. The van der Waals surface area contributed by atoms with Gasteiger partial charge in [-0.3, -0.25) is 4.98 Å². The summed E-state index contributed by atoms with van der Waals surface area (Å²) in [7, 11) is 1.68. The maximum absolute atomic E-state index is 9.66. The summed E-state index contributed by atoms with van der Waals surface area (Å²) in [5, 5.41) is 23.8. The van der Waals surface area contributed by atoms with Crippen molar-refractivity contribution in [2.24, 2.45) is 5.92 Å². The summed E-state index contributed by atoms with van der Waals surface area (Å²) in [4.78, 5) is 7.13. The van der Waals surface area contributed by atoms with E-state index >= 15 is 0 Å². The van der Waals surface area contributed by atoms with Crippen molar-refractivity contribution in [1.29, 1.82) is 0 Å². The molecule has 6 nitrogen and oxygen atoms in total. The SMILES string of the molecule is COc1cnc2cccc(C(C)CN3CCCC(CNCc4ccc(O)c(O)c4)C3)c2c1. The lowest BCUT2D eigenvalue weighted by Gasteiger charge is -2.34. The van der Waals surface area contributed by atoms with Crippen LogP contribution in [0.1, 0.15) is 36.8 Å². The molecule has 1 aromatic heterocycles.